The third-order valence-corrected chi connectivity index (χ3v) is 2.51. The van der Waals surface area contributed by atoms with Crippen LogP contribution >= 0.6 is 0 Å². The van der Waals surface area contributed by atoms with Crippen molar-refractivity contribution in [2.45, 2.75) is 13.5 Å². The van der Waals surface area contributed by atoms with Crippen LogP contribution in [0, 0.1) is 0 Å². The first-order valence-corrected chi connectivity index (χ1v) is 5.11. The van der Waals surface area contributed by atoms with Crippen LogP contribution < -0.4 is 5.73 Å². The molecule has 0 bridgehead atoms. The zero-order valence-electron chi connectivity index (χ0n) is 9.12. The van der Waals surface area contributed by atoms with Gasteiger partial charge in [0.1, 0.15) is 5.82 Å². The maximum atomic E-state index is 5.70. The lowest BCUT2D eigenvalue weighted by atomic mass is 10.3. The summed E-state index contributed by atoms with van der Waals surface area (Å²) in [6, 6.07) is 5.73. The lowest BCUT2D eigenvalue weighted by molar-refractivity contribution is 0.338. The monoisotopic (exact) mass is 204 g/mol. The van der Waals surface area contributed by atoms with Gasteiger partial charge in [-0.3, -0.25) is 4.90 Å². The summed E-state index contributed by atoms with van der Waals surface area (Å²) < 4.78 is 0. The van der Waals surface area contributed by atoms with Gasteiger partial charge in [-0.05, 0) is 31.8 Å². The second-order valence-electron chi connectivity index (χ2n) is 3.79. The molecule has 0 unspecified atom stereocenters. The third kappa shape index (κ3) is 2.10. The van der Waals surface area contributed by atoms with E-state index in [1.165, 1.54) is 0 Å². The number of aromatic nitrogens is 2. The molecule has 1 aromatic carbocycles. The van der Waals surface area contributed by atoms with Crippen LogP contribution in [0.5, 0.6) is 0 Å². The summed E-state index contributed by atoms with van der Waals surface area (Å²) in [6.45, 7) is 3.98. The molecule has 0 aliphatic heterocycles. The molecule has 1 heterocycles. The Bertz CT molecular complexity index is 461. The summed E-state index contributed by atoms with van der Waals surface area (Å²) in [7, 11) is 2.07. The van der Waals surface area contributed by atoms with Crippen LogP contribution in [0.25, 0.3) is 11.0 Å². The van der Waals surface area contributed by atoms with Crippen molar-refractivity contribution >= 4 is 16.7 Å². The highest BCUT2D eigenvalue weighted by Crippen LogP contribution is 2.15. The standard InChI is InChI=1S/C11H16N4/c1-3-15(2)7-11-13-9-5-4-8(12)6-10(9)14-11/h4-6H,3,7,12H2,1-2H3,(H,13,14). The summed E-state index contributed by atoms with van der Waals surface area (Å²) in [4.78, 5) is 9.95. The maximum absolute atomic E-state index is 5.70. The number of H-pyrrole nitrogens is 1. The van der Waals surface area contributed by atoms with Gasteiger partial charge in [0.25, 0.3) is 0 Å². The van der Waals surface area contributed by atoms with Crippen LogP contribution in [-0.4, -0.2) is 28.5 Å². The Morgan fingerprint density at radius 2 is 2.27 bits per heavy atom. The molecule has 0 saturated heterocycles. The van der Waals surface area contributed by atoms with Gasteiger partial charge in [-0.1, -0.05) is 6.92 Å². The summed E-state index contributed by atoms with van der Waals surface area (Å²) >= 11 is 0. The van der Waals surface area contributed by atoms with E-state index in [0.717, 1.165) is 35.6 Å². The summed E-state index contributed by atoms with van der Waals surface area (Å²) in [5.41, 5.74) is 8.45. The highest BCUT2D eigenvalue weighted by molar-refractivity contribution is 5.78. The van der Waals surface area contributed by atoms with E-state index in [0.29, 0.717) is 0 Å². The molecule has 0 amide bonds. The molecule has 0 fully saturated rings. The molecule has 4 nitrogen and oxygen atoms in total. The number of nitrogens with zero attached hydrogens (tertiary/aromatic N) is 2. The fraction of sp³-hybridized carbons (Fsp3) is 0.364. The van der Waals surface area contributed by atoms with E-state index >= 15 is 0 Å². The van der Waals surface area contributed by atoms with Crippen molar-refractivity contribution in [2.24, 2.45) is 0 Å². The Kier molecular flexibility index (Phi) is 2.60. The zero-order chi connectivity index (χ0) is 10.8. The van der Waals surface area contributed by atoms with E-state index in [9.17, 15) is 0 Å². The quantitative estimate of drug-likeness (QED) is 0.746. The van der Waals surface area contributed by atoms with Gasteiger partial charge in [-0.15, -0.1) is 0 Å². The van der Waals surface area contributed by atoms with E-state index in [-0.39, 0.29) is 0 Å². The van der Waals surface area contributed by atoms with Crippen LogP contribution in [0.15, 0.2) is 18.2 Å². The van der Waals surface area contributed by atoms with Gasteiger partial charge in [0.15, 0.2) is 0 Å². The van der Waals surface area contributed by atoms with E-state index in [1.807, 2.05) is 18.2 Å². The summed E-state index contributed by atoms with van der Waals surface area (Å²) in [6.07, 6.45) is 0. The first-order chi connectivity index (χ1) is 7.19. The summed E-state index contributed by atoms with van der Waals surface area (Å²) in [5, 5.41) is 0. The van der Waals surface area contributed by atoms with Gasteiger partial charge in [-0.25, -0.2) is 4.98 Å². The highest BCUT2D eigenvalue weighted by Gasteiger charge is 2.04. The average Bonchev–Trinajstić information content (AvgIpc) is 2.59. The molecule has 2 rings (SSSR count). The van der Waals surface area contributed by atoms with Gasteiger partial charge in [0.05, 0.1) is 17.6 Å². The number of hydrogen-bond acceptors (Lipinski definition) is 3. The number of nitrogens with two attached hydrogens (primary N) is 1. The average molecular weight is 204 g/mol. The van der Waals surface area contributed by atoms with Gasteiger partial charge >= 0.3 is 0 Å². The topological polar surface area (TPSA) is 57.9 Å². The number of rotatable bonds is 3. The number of imidazole rings is 1. The van der Waals surface area contributed by atoms with E-state index in [2.05, 4.69) is 28.8 Å². The normalized spacial score (nSPS) is 11.4. The number of benzene rings is 1. The minimum Gasteiger partial charge on any atom is -0.399 e. The van der Waals surface area contributed by atoms with E-state index in [1.54, 1.807) is 0 Å². The molecule has 1 aromatic heterocycles. The fourth-order valence-corrected chi connectivity index (χ4v) is 1.52. The molecule has 0 atom stereocenters. The first-order valence-electron chi connectivity index (χ1n) is 5.11. The van der Waals surface area contributed by atoms with Crippen LogP contribution in [0.3, 0.4) is 0 Å². The molecule has 0 aliphatic rings. The lowest BCUT2D eigenvalue weighted by Crippen LogP contribution is -2.17. The first kappa shape index (κ1) is 9.98. The maximum Gasteiger partial charge on any atom is 0.121 e. The Labute approximate surface area is 89.1 Å². The minimum absolute atomic E-state index is 0.765. The number of fused-ring (bicyclic) bond motifs is 1. The molecule has 2 aromatic rings. The second-order valence-corrected chi connectivity index (χ2v) is 3.79. The molecule has 0 aliphatic carbocycles. The third-order valence-electron chi connectivity index (χ3n) is 2.51. The molecule has 0 saturated carbocycles. The Hall–Kier alpha value is -1.55. The van der Waals surface area contributed by atoms with Gasteiger partial charge in [0.2, 0.25) is 0 Å². The fourth-order valence-electron chi connectivity index (χ4n) is 1.52. The SMILES string of the molecule is CCN(C)Cc1nc2ccc(N)cc2[nH]1. The zero-order valence-corrected chi connectivity index (χ0v) is 9.12. The van der Waals surface area contributed by atoms with Crippen molar-refractivity contribution in [1.82, 2.24) is 14.9 Å². The van der Waals surface area contributed by atoms with Crippen molar-refractivity contribution < 1.29 is 0 Å². The van der Waals surface area contributed by atoms with Crippen molar-refractivity contribution in [1.29, 1.82) is 0 Å². The predicted octanol–water partition coefficient (Wildman–Crippen LogP) is 1.60. The van der Waals surface area contributed by atoms with Gasteiger partial charge in [-0.2, -0.15) is 0 Å². The van der Waals surface area contributed by atoms with Gasteiger partial charge in [0, 0.05) is 5.69 Å². The van der Waals surface area contributed by atoms with E-state index < -0.39 is 0 Å². The predicted molar refractivity (Wildman–Crippen MR) is 62.5 cm³/mol. The van der Waals surface area contributed by atoms with Crippen molar-refractivity contribution in [3.8, 4) is 0 Å². The number of nitrogen functional groups attached to an aromatic ring is 1. The van der Waals surface area contributed by atoms with Crippen molar-refractivity contribution in [3.05, 3.63) is 24.0 Å². The number of nitrogens with one attached hydrogen (secondary N) is 1. The smallest absolute Gasteiger partial charge is 0.121 e. The van der Waals surface area contributed by atoms with Crippen molar-refractivity contribution in [3.63, 3.8) is 0 Å². The molecule has 0 spiro atoms. The largest absolute Gasteiger partial charge is 0.399 e. The molecule has 15 heavy (non-hydrogen) atoms. The number of anilines is 1. The van der Waals surface area contributed by atoms with Crippen LogP contribution in [-0.2, 0) is 6.54 Å². The van der Waals surface area contributed by atoms with Crippen molar-refractivity contribution in [2.75, 3.05) is 19.3 Å². The molecule has 4 heteroatoms. The molecule has 0 radical (unpaired) electrons. The molecule has 80 valence electrons. The van der Waals surface area contributed by atoms with E-state index in [4.69, 9.17) is 5.73 Å². The summed E-state index contributed by atoms with van der Waals surface area (Å²) in [5.74, 6) is 0.986. The molecule has 3 N–H and O–H groups in total. The lowest BCUT2D eigenvalue weighted by Gasteiger charge is -2.10. The van der Waals surface area contributed by atoms with Crippen LogP contribution in [0.4, 0.5) is 5.69 Å². The second kappa shape index (κ2) is 3.90. The molecular formula is C11H16N4. The van der Waals surface area contributed by atoms with Crippen LogP contribution in [0.1, 0.15) is 12.7 Å². The van der Waals surface area contributed by atoms with Gasteiger partial charge < -0.3 is 10.7 Å². The Morgan fingerprint density at radius 3 is 3.00 bits per heavy atom. The molecular weight excluding hydrogens is 188 g/mol. The highest BCUT2D eigenvalue weighted by atomic mass is 15.1. The Balaban J connectivity index is 2.30. The number of hydrogen-bond donors (Lipinski definition) is 2. The van der Waals surface area contributed by atoms with Crippen LogP contribution in [0.2, 0.25) is 0 Å². The number of aromatic amines is 1. The minimum atomic E-state index is 0.765. The Morgan fingerprint density at radius 1 is 1.47 bits per heavy atom.